The molecule has 1 saturated heterocycles. The summed E-state index contributed by atoms with van der Waals surface area (Å²) in [6, 6.07) is 16.6. The highest BCUT2D eigenvalue weighted by Gasteiger charge is 2.39. The summed E-state index contributed by atoms with van der Waals surface area (Å²) >= 11 is 0. The molecule has 1 fully saturated rings. The SMILES string of the molecule is CCO/C=C\N1C(C2CCN(C(=O)OC(C)(C)C)CC2)=Cc2c(-c3ccc(-c4ccccc4)nc3)cnn2C1N(COCC[Si](C)(C)C)COCC[Si](C)(C)C. The molecule has 1 amide bonds. The van der Waals surface area contributed by atoms with E-state index in [1.54, 1.807) is 6.26 Å². The highest BCUT2D eigenvalue weighted by atomic mass is 28.3. The van der Waals surface area contributed by atoms with Gasteiger partial charge >= 0.3 is 6.09 Å². The van der Waals surface area contributed by atoms with Crippen LogP contribution in [-0.4, -0.2) is 104 Å². The van der Waals surface area contributed by atoms with Crippen molar-refractivity contribution in [2.24, 2.45) is 5.92 Å². The lowest BCUT2D eigenvalue weighted by Gasteiger charge is -2.45. The molecule has 0 spiro atoms. The van der Waals surface area contributed by atoms with E-state index >= 15 is 0 Å². The van der Waals surface area contributed by atoms with E-state index in [0.29, 0.717) is 46.4 Å². The van der Waals surface area contributed by atoms with Crippen molar-refractivity contribution >= 4 is 28.3 Å². The fourth-order valence-electron chi connectivity index (χ4n) is 6.72. The number of nitrogens with zero attached hydrogens (tertiary/aromatic N) is 6. The first-order valence-electron chi connectivity index (χ1n) is 20.3. The number of rotatable bonds is 17. The first kappa shape index (κ1) is 43.4. The number of ether oxygens (including phenoxy) is 4. The first-order chi connectivity index (χ1) is 26.5. The van der Waals surface area contributed by atoms with Gasteiger partial charge < -0.3 is 28.7 Å². The average molecular weight is 803 g/mol. The molecule has 0 N–H and O–H groups in total. The van der Waals surface area contributed by atoms with Gasteiger partial charge in [-0.1, -0.05) is 75.7 Å². The number of carbonyl (C=O) groups is 1. The van der Waals surface area contributed by atoms with Crippen molar-refractivity contribution in [1.82, 2.24) is 29.5 Å². The molecule has 0 aliphatic carbocycles. The Hall–Kier alpha value is -3.76. The number of piperidine rings is 1. The van der Waals surface area contributed by atoms with Crippen LogP contribution in [0.15, 0.2) is 73.0 Å². The molecule has 13 heteroatoms. The van der Waals surface area contributed by atoms with E-state index in [4.69, 9.17) is 29.0 Å². The Morgan fingerprint density at radius 2 is 1.54 bits per heavy atom. The van der Waals surface area contributed by atoms with Crippen LogP contribution in [0.25, 0.3) is 28.5 Å². The summed E-state index contributed by atoms with van der Waals surface area (Å²) in [5.41, 5.74) is 5.56. The third kappa shape index (κ3) is 12.4. The molecular weight excluding hydrogens is 737 g/mol. The first-order valence-corrected chi connectivity index (χ1v) is 27.7. The Labute approximate surface area is 337 Å². The van der Waals surface area contributed by atoms with E-state index in [9.17, 15) is 4.79 Å². The molecule has 3 aromatic rings. The number of fused-ring (bicyclic) bond motifs is 1. The van der Waals surface area contributed by atoms with Gasteiger partial charge in [0.25, 0.3) is 0 Å². The summed E-state index contributed by atoms with van der Waals surface area (Å²) in [6.07, 6.45) is 10.9. The molecule has 1 atom stereocenters. The third-order valence-corrected chi connectivity index (χ3v) is 13.3. The number of hydrogen-bond donors (Lipinski definition) is 0. The van der Waals surface area contributed by atoms with Crippen molar-refractivity contribution in [3.8, 4) is 22.4 Å². The number of amides is 1. The summed E-state index contributed by atoms with van der Waals surface area (Å²) in [5, 5.41) is 5.10. The Balaban J connectivity index is 1.55. The fourth-order valence-corrected chi connectivity index (χ4v) is 8.24. The van der Waals surface area contributed by atoms with Crippen LogP contribution >= 0.6 is 0 Å². The smallest absolute Gasteiger partial charge is 0.410 e. The molecule has 0 bridgehead atoms. The summed E-state index contributed by atoms with van der Waals surface area (Å²) in [4.78, 5) is 24.3. The predicted molar refractivity (Wildman–Crippen MR) is 231 cm³/mol. The molecular formula is C43H66N6O5Si2. The summed E-state index contributed by atoms with van der Waals surface area (Å²) in [6.45, 7) is 25.8. The summed E-state index contributed by atoms with van der Waals surface area (Å²) < 4.78 is 26.7. The van der Waals surface area contributed by atoms with Gasteiger partial charge in [-0.3, -0.25) is 4.98 Å². The number of likely N-dealkylation sites (tertiary alicyclic amines) is 1. The number of allylic oxidation sites excluding steroid dienone is 1. The van der Waals surface area contributed by atoms with Crippen LogP contribution in [-0.2, 0) is 18.9 Å². The van der Waals surface area contributed by atoms with Gasteiger partial charge in [0, 0.05) is 83.2 Å². The molecule has 2 aliphatic heterocycles. The van der Waals surface area contributed by atoms with E-state index in [0.717, 1.165) is 58.7 Å². The number of carbonyl (C=O) groups excluding carboxylic acids is 1. The molecule has 1 unspecified atom stereocenters. The van der Waals surface area contributed by atoms with Gasteiger partial charge in [0.2, 0.25) is 0 Å². The Bertz CT molecular complexity index is 1730. The minimum absolute atomic E-state index is 0.153. The molecule has 5 rings (SSSR count). The normalized spacial score (nSPS) is 17.1. The van der Waals surface area contributed by atoms with E-state index in [2.05, 4.69) is 84.1 Å². The predicted octanol–water partition coefficient (Wildman–Crippen LogP) is 9.81. The lowest BCUT2D eigenvalue weighted by molar-refractivity contribution is -0.118. The Morgan fingerprint density at radius 3 is 2.09 bits per heavy atom. The molecule has 56 heavy (non-hydrogen) atoms. The maximum absolute atomic E-state index is 13.1. The van der Waals surface area contributed by atoms with Crippen molar-refractivity contribution in [2.45, 2.75) is 104 Å². The van der Waals surface area contributed by atoms with Crippen LogP contribution in [0.4, 0.5) is 4.79 Å². The quantitative estimate of drug-likeness (QED) is 0.0572. The molecule has 306 valence electrons. The zero-order valence-corrected chi connectivity index (χ0v) is 37.6. The van der Waals surface area contributed by atoms with Crippen molar-refractivity contribution in [3.63, 3.8) is 0 Å². The van der Waals surface area contributed by atoms with Crippen molar-refractivity contribution in [3.05, 3.63) is 78.7 Å². The highest BCUT2D eigenvalue weighted by molar-refractivity contribution is 6.76. The molecule has 11 nitrogen and oxygen atoms in total. The van der Waals surface area contributed by atoms with Gasteiger partial charge in [-0.25, -0.2) is 14.4 Å². The van der Waals surface area contributed by atoms with Gasteiger partial charge in [-0.05, 0) is 64.8 Å². The molecule has 0 saturated carbocycles. The number of benzene rings is 1. The van der Waals surface area contributed by atoms with Crippen LogP contribution in [0.3, 0.4) is 0 Å². The highest BCUT2D eigenvalue weighted by Crippen LogP contribution is 2.41. The maximum Gasteiger partial charge on any atom is 0.410 e. The minimum Gasteiger partial charge on any atom is -0.500 e. The topological polar surface area (TPSA) is 94.4 Å². The zero-order chi connectivity index (χ0) is 40.5. The second kappa shape index (κ2) is 19.1. The zero-order valence-electron chi connectivity index (χ0n) is 35.6. The van der Waals surface area contributed by atoms with Crippen LogP contribution in [0.5, 0.6) is 0 Å². The molecule has 0 radical (unpaired) electrons. The average Bonchev–Trinajstić information content (AvgIpc) is 3.57. The minimum atomic E-state index is -1.31. The van der Waals surface area contributed by atoms with Gasteiger partial charge in [-0.15, -0.1) is 0 Å². The number of aromatic nitrogens is 3. The Kier molecular flexibility index (Phi) is 14.8. The molecule has 1 aromatic carbocycles. The van der Waals surface area contributed by atoms with Crippen LogP contribution in [0, 0.1) is 5.92 Å². The number of hydrogen-bond acceptors (Lipinski definition) is 9. The van der Waals surface area contributed by atoms with E-state index in [1.165, 1.54) is 0 Å². The number of pyridine rings is 1. The largest absolute Gasteiger partial charge is 0.500 e. The monoisotopic (exact) mass is 802 g/mol. The van der Waals surface area contributed by atoms with Gasteiger partial charge in [0.05, 0.1) is 30.5 Å². The lowest BCUT2D eigenvalue weighted by Crippen LogP contribution is -2.49. The van der Waals surface area contributed by atoms with Crippen molar-refractivity contribution in [2.75, 3.05) is 46.4 Å². The van der Waals surface area contributed by atoms with E-state index < -0.39 is 28.0 Å². The van der Waals surface area contributed by atoms with Gasteiger partial charge in [-0.2, -0.15) is 5.10 Å². The van der Waals surface area contributed by atoms with E-state index in [1.807, 2.05) is 69.4 Å². The maximum atomic E-state index is 13.1. The van der Waals surface area contributed by atoms with Crippen molar-refractivity contribution < 1.29 is 23.7 Å². The van der Waals surface area contributed by atoms with Gasteiger partial charge in [0.1, 0.15) is 19.1 Å². The van der Waals surface area contributed by atoms with Crippen LogP contribution < -0.4 is 0 Å². The molecule has 4 heterocycles. The lowest BCUT2D eigenvalue weighted by atomic mass is 9.90. The third-order valence-electron chi connectivity index (χ3n) is 9.91. The van der Waals surface area contributed by atoms with Crippen LogP contribution in [0.2, 0.25) is 51.4 Å². The summed E-state index contributed by atoms with van der Waals surface area (Å²) in [5.74, 6) is 0.153. The fraction of sp³-hybridized carbons (Fsp3) is 0.558. The second-order valence-corrected chi connectivity index (χ2v) is 29.5. The molecule has 2 aliphatic rings. The van der Waals surface area contributed by atoms with Crippen molar-refractivity contribution in [1.29, 1.82) is 0 Å². The van der Waals surface area contributed by atoms with E-state index in [-0.39, 0.29) is 12.0 Å². The molecule has 2 aromatic heterocycles. The van der Waals surface area contributed by atoms with Gasteiger partial charge in [0.15, 0.2) is 6.29 Å². The second-order valence-electron chi connectivity index (χ2n) is 18.3. The summed E-state index contributed by atoms with van der Waals surface area (Å²) in [7, 11) is -2.63. The Morgan fingerprint density at radius 1 is 0.893 bits per heavy atom. The standard InChI is InChI=1S/C43H66N6O5Si2/c1-11-51-24-23-48-39(35-19-21-46(22-20-35)42(50)54-43(2,3)4)29-40-37(36-17-18-38(44-30-36)34-15-13-12-14-16-34)31-45-49(40)41(48)47(32-52-25-27-55(5,6)7)33-53-26-28-56(8,9)10/h12-18,23-24,29-31,35,41H,11,19-22,25-28,32-33H2,1-10H3/b24-23-. The van der Waals surface area contributed by atoms with Crippen LogP contribution in [0.1, 0.15) is 52.5 Å².